The molecule has 0 unspecified atom stereocenters. The summed E-state index contributed by atoms with van der Waals surface area (Å²) in [5.74, 6) is 2.68. The fraction of sp³-hybridized carbons (Fsp3) is 0.429. The first-order valence-electron chi connectivity index (χ1n) is 6.76. The lowest BCUT2D eigenvalue weighted by Gasteiger charge is -2.09. The maximum absolute atomic E-state index is 5.86. The van der Waals surface area contributed by atoms with E-state index in [4.69, 9.17) is 15.0 Å². The summed E-state index contributed by atoms with van der Waals surface area (Å²) in [5, 5.41) is 7.09. The van der Waals surface area contributed by atoms with E-state index in [9.17, 15) is 0 Å². The van der Waals surface area contributed by atoms with Crippen LogP contribution in [-0.2, 0) is 6.54 Å². The Morgan fingerprint density at radius 2 is 2.30 bits per heavy atom. The van der Waals surface area contributed by atoms with Gasteiger partial charge in [-0.05, 0) is 37.8 Å². The molecule has 0 bridgehead atoms. The molecule has 6 heteroatoms. The van der Waals surface area contributed by atoms with Gasteiger partial charge in [0.25, 0.3) is 0 Å². The van der Waals surface area contributed by atoms with Crippen molar-refractivity contribution < 1.29 is 9.26 Å². The van der Waals surface area contributed by atoms with E-state index < -0.39 is 0 Å². The second kappa shape index (κ2) is 5.40. The number of nitrogen functional groups attached to an aromatic ring is 1. The van der Waals surface area contributed by atoms with E-state index in [0.717, 1.165) is 11.5 Å². The molecule has 1 saturated carbocycles. The van der Waals surface area contributed by atoms with Gasteiger partial charge in [0.15, 0.2) is 0 Å². The number of anilines is 2. The molecule has 2 aromatic heterocycles. The van der Waals surface area contributed by atoms with Gasteiger partial charge in [-0.3, -0.25) is 0 Å². The van der Waals surface area contributed by atoms with Gasteiger partial charge in [-0.1, -0.05) is 5.16 Å². The second-order valence-corrected chi connectivity index (χ2v) is 5.13. The number of ether oxygens (including phenoxy) is 1. The molecule has 2 heterocycles. The topological polar surface area (TPSA) is 86.2 Å². The van der Waals surface area contributed by atoms with E-state index >= 15 is 0 Å². The third-order valence-corrected chi connectivity index (χ3v) is 3.17. The minimum atomic E-state index is 0.498. The normalized spacial score (nSPS) is 14.2. The molecular formula is C14H18N4O2. The highest BCUT2D eigenvalue weighted by Crippen LogP contribution is 2.30. The molecule has 1 aliphatic rings. The van der Waals surface area contributed by atoms with Gasteiger partial charge in [0.05, 0.1) is 18.8 Å². The molecule has 1 aliphatic carbocycles. The Balaban J connectivity index is 1.61. The van der Waals surface area contributed by atoms with Gasteiger partial charge >= 0.3 is 0 Å². The Hall–Kier alpha value is -2.24. The van der Waals surface area contributed by atoms with Crippen LogP contribution in [0.4, 0.5) is 11.5 Å². The van der Waals surface area contributed by atoms with Crippen molar-refractivity contribution in [2.24, 2.45) is 5.92 Å². The Kier molecular flexibility index (Phi) is 3.45. The van der Waals surface area contributed by atoms with Crippen LogP contribution in [0.15, 0.2) is 22.7 Å². The summed E-state index contributed by atoms with van der Waals surface area (Å²) in [6, 6.07) is 5.51. The molecule has 1 fully saturated rings. The van der Waals surface area contributed by atoms with Crippen LogP contribution in [0.5, 0.6) is 5.88 Å². The molecule has 3 rings (SSSR count). The molecule has 106 valence electrons. The van der Waals surface area contributed by atoms with Crippen molar-refractivity contribution in [1.82, 2.24) is 10.1 Å². The van der Waals surface area contributed by atoms with Crippen LogP contribution < -0.4 is 15.8 Å². The third-order valence-electron chi connectivity index (χ3n) is 3.17. The number of nitrogens with one attached hydrogen (secondary N) is 1. The highest BCUT2D eigenvalue weighted by atomic mass is 16.5. The second-order valence-electron chi connectivity index (χ2n) is 5.13. The number of rotatable bonds is 6. The quantitative estimate of drug-likeness (QED) is 0.841. The van der Waals surface area contributed by atoms with Crippen molar-refractivity contribution >= 4 is 11.5 Å². The molecule has 6 nitrogen and oxygen atoms in total. The lowest BCUT2D eigenvalue weighted by Crippen LogP contribution is -2.07. The van der Waals surface area contributed by atoms with Crippen LogP contribution in [-0.4, -0.2) is 16.7 Å². The van der Waals surface area contributed by atoms with Crippen LogP contribution >= 0.6 is 0 Å². The van der Waals surface area contributed by atoms with E-state index in [1.54, 1.807) is 6.07 Å². The van der Waals surface area contributed by atoms with E-state index in [2.05, 4.69) is 15.5 Å². The predicted molar refractivity (Wildman–Crippen MR) is 75.4 cm³/mol. The smallest absolute Gasteiger partial charge is 0.239 e. The highest BCUT2D eigenvalue weighted by Gasteiger charge is 2.22. The van der Waals surface area contributed by atoms with Crippen LogP contribution in [0.25, 0.3) is 0 Å². The van der Waals surface area contributed by atoms with Gasteiger partial charge in [-0.2, -0.15) is 4.98 Å². The summed E-state index contributed by atoms with van der Waals surface area (Å²) >= 11 is 0. The van der Waals surface area contributed by atoms with E-state index in [-0.39, 0.29) is 0 Å². The molecule has 3 N–H and O–H groups in total. The van der Waals surface area contributed by atoms with Gasteiger partial charge in [0, 0.05) is 6.07 Å². The average molecular weight is 274 g/mol. The minimum Gasteiger partial charge on any atom is -0.476 e. The van der Waals surface area contributed by atoms with Crippen LogP contribution in [0, 0.1) is 12.8 Å². The van der Waals surface area contributed by atoms with Crippen molar-refractivity contribution in [3.8, 4) is 5.88 Å². The first-order chi connectivity index (χ1) is 9.70. The average Bonchev–Trinajstić information content (AvgIpc) is 3.18. The maximum atomic E-state index is 5.86. The lowest BCUT2D eigenvalue weighted by atomic mass is 10.3. The summed E-state index contributed by atoms with van der Waals surface area (Å²) in [6.07, 6.45) is 2.48. The number of aromatic nitrogens is 2. The molecule has 0 spiro atoms. The Bertz CT molecular complexity index is 593. The lowest BCUT2D eigenvalue weighted by molar-refractivity contribution is 0.290. The zero-order valence-corrected chi connectivity index (χ0v) is 11.4. The number of hydrogen-bond donors (Lipinski definition) is 2. The van der Waals surface area contributed by atoms with Gasteiger partial charge in [0.1, 0.15) is 17.3 Å². The number of nitrogens with two attached hydrogens (primary N) is 1. The van der Waals surface area contributed by atoms with E-state index in [0.29, 0.717) is 36.5 Å². The van der Waals surface area contributed by atoms with Crippen molar-refractivity contribution in [1.29, 1.82) is 0 Å². The molecule has 0 atom stereocenters. The first kappa shape index (κ1) is 12.8. The summed E-state index contributed by atoms with van der Waals surface area (Å²) in [5.41, 5.74) is 7.26. The predicted octanol–water partition coefficient (Wildman–Crippen LogP) is 2.36. The zero-order chi connectivity index (χ0) is 13.9. The Morgan fingerprint density at radius 3 is 3.00 bits per heavy atom. The van der Waals surface area contributed by atoms with Gasteiger partial charge in [-0.25, -0.2) is 0 Å². The Morgan fingerprint density at radius 1 is 1.45 bits per heavy atom. The SMILES string of the molecule is Cc1cc(CNc2ccc(N)c(OCC3CC3)n2)no1. The van der Waals surface area contributed by atoms with Gasteiger partial charge in [0.2, 0.25) is 5.88 Å². The van der Waals surface area contributed by atoms with E-state index in [1.807, 2.05) is 19.1 Å². The first-order valence-corrected chi connectivity index (χ1v) is 6.76. The fourth-order valence-electron chi connectivity index (χ4n) is 1.83. The van der Waals surface area contributed by atoms with Crippen molar-refractivity contribution in [2.45, 2.75) is 26.3 Å². The molecule has 0 amide bonds. The fourth-order valence-corrected chi connectivity index (χ4v) is 1.83. The standard InChI is InChI=1S/C14H18N4O2/c1-9-6-11(18-20-9)7-16-13-5-4-12(15)14(17-13)19-8-10-2-3-10/h4-6,10H,2-3,7-8,15H2,1H3,(H,16,17). The summed E-state index contributed by atoms with van der Waals surface area (Å²) < 4.78 is 10.7. The van der Waals surface area contributed by atoms with Crippen LogP contribution in [0.3, 0.4) is 0 Å². The molecule has 0 aromatic carbocycles. The number of aryl methyl sites for hydroxylation is 1. The maximum Gasteiger partial charge on any atom is 0.239 e. The summed E-state index contributed by atoms with van der Waals surface area (Å²) in [7, 11) is 0. The van der Waals surface area contributed by atoms with E-state index in [1.165, 1.54) is 12.8 Å². The molecule has 2 aromatic rings. The molecule has 20 heavy (non-hydrogen) atoms. The minimum absolute atomic E-state index is 0.498. The summed E-state index contributed by atoms with van der Waals surface area (Å²) in [4.78, 5) is 4.38. The number of hydrogen-bond acceptors (Lipinski definition) is 6. The molecule has 0 saturated heterocycles. The zero-order valence-electron chi connectivity index (χ0n) is 11.4. The van der Waals surface area contributed by atoms with Crippen molar-refractivity contribution in [3.63, 3.8) is 0 Å². The molecular weight excluding hydrogens is 256 g/mol. The number of pyridine rings is 1. The van der Waals surface area contributed by atoms with Crippen LogP contribution in [0.1, 0.15) is 24.3 Å². The van der Waals surface area contributed by atoms with Gasteiger partial charge in [-0.15, -0.1) is 0 Å². The van der Waals surface area contributed by atoms with Crippen molar-refractivity contribution in [2.75, 3.05) is 17.7 Å². The monoisotopic (exact) mass is 274 g/mol. The molecule has 0 radical (unpaired) electrons. The molecule has 0 aliphatic heterocycles. The highest BCUT2D eigenvalue weighted by molar-refractivity contribution is 5.53. The number of nitrogens with zero attached hydrogens (tertiary/aromatic N) is 2. The van der Waals surface area contributed by atoms with Gasteiger partial charge < -0.3 is 20.3 Å². The van der Waals surface area contributed by atoms with Crippen LogP contribution in [0.2, 0.25) is 0 Å². The van der Waals surface area contributed by atoms with Crippen molar-refractivity contribution in [3.05, 3.63) is 29.7 Å². The summed E-state index contributed by atoms with van der Waals surface area (Å²) in [6.45, 7) is 3.11. The third kappa shape index (κ3) is 3.20. The Labute approximate surface area is 117 Å². The largest absolute Gasteiger partial charge is 0.476 e.